The fraction of sp³-hybridized carbons (Fsp3) is 0.259. The van der Waals surface area contributed by atoms with Crippen LogP contribution in [0, 0.1) is 17.9 Å². The van der Waals surface area contributed by atoms with E-state index in [9.17, 15) is 5.26 Å². The standard InChI is InChI=1S/C27H22ClN3O/c1-30-21(17-29)26-19-8-4-5-9-23(19)32-24(26)12-13-25-27(14-6-3-7-15-27)20-16-18(28)10-11-22(20)31(25)2/h4-5,8-13,16H,3,6-7,14-15H2,2H3/b24-12-,25-13+,26-21-. The third-order valence-corrected chi connectivity index (χ3v) is 7.10. The number of allylic oxidation sites excluding steroid dienone is 2. The number of nitrogens with zero attached hydrogens (tertiary/aromatic N) is 3. The number of furan rings is 1. The van der Waals surface area contributed by atoms with Crippen LogP contribution >= 0.6 is 11.6 Å². The van der Waals surface area contributed by atoms with E-state index in [-0.39, 0.29) is 11.1 Å². The van der Waals surface area contributed by atoms with Crippen molar-refractivity contribution in [1.29, 1.82) is 5.26 Å². The lowest BCUT2D eigenvalue weighted by molar-refractivity contribution is 0.347. The first-order chi connectivity index (χ1) is 15.6. The average Bonchev–Trinajstić information content (AvgIpc) is 3.28. The first kappa shape index (κ1) is 20.4. The van der Waals surface area contributed by atoms with Crippen LogP contribution in [0.5, 0.6) is 0 Å². The third kappa shape index (κ3) is 3.03. The number of benzene rings is 2. The molecule has 2 heterocycles. The summed E-state index contributed by atoms with van der Waals surface area (Å²) in [5.74, 6) is 0. The van der Waals surface area contributed by atoms with Crippen LogP contribution in [0.1, 0.15) is 37.7 Å². The van der Waals surface area contributed by atoms with E-state index in [0.717, 1.165) is 23.3 Å². The summed E-state index contributed by atoms with van der Waals surface area (Å²) in [5.41, 5.74) is 4.88. The summed E-state index contributed by atoms with van der Waals surface area (Å²) >= 11 is 6.40. The van der Waals surface area contributed by atoms with Gasteiger partial charge in [-0.1, -0.05) is 49.1 Å². The molecule has 1 aromatic heterocycles. The van der Waals surface area contributed by atoms with Gasteiger partial charge in [0.1, 0.15) is 11.0 Å². The molecule has 0 atom stereocenters. The van der Waals surface area contributed by atoms with Crippen LogP contribution in [-0.4, -0.2) is 7.05 Å². The summed E-state index contributed by atoms with van der Waals surface area (Å²) in [6.07, 6.45) is 9.79. The molecule has 1 fully saturated rings. The molecule has 0 bridgehead atoms. The van der Waals surface area contributed by atoms with Gasteiger partial charge in [0.25, 0.3) is 5.70 Å². The van der Waals surface area contributed by atoms with Gasteiger partial charge >= 0.3 is 0 Å². The molecule has 3 aromatic rings. The summed E-state index contributed by atoms with van der Waals surface area (Å²) in [7, 11) is 2.10. The van der Waals surface area contributed by atoms with Crippen LogP contribution in [0.3, 0.4) is 0 Å². The fourth-order valence-electron chi connectivity index (χ4n) is 5.44. The van der Waals surface area contributed by atoms with E-state index in [0.29, 0.717) is 16.2 Å². The van der Waals surface area contributed by atoms with E-state index in [1.165, 1.54) is 36.2 Å². The number of rotatable bonds is 1. The lowest BCUT2D eigenvalue weighted by Crippen LogP contribution is -2.32. The molecule has 1 spiro atoms. The summed E-state index contributed by atoms with van der Waals surface area (Å²) < 4.78 is 6.10. The summed E-state index contributed by atoms with van der Waals surface area (Å²) in [6.45, 7) is 7.48. The molecular formula is C27H22ClN3O. The van der Waals surface area contributed by atoms with Crippen LogP contribution in [0.4, 0.5) is 5.69 Å². The number of anilines is 1. The Morgan fingerprint density at radius 3 is 2.72 bits per heavy atom. The zero-order valence-corrected chi connectivity index (χ0v) is 18.6. The second-order valence-electron chi connectivity index (χ2n) is 8.49. The molecule has 32 heavy (non-hydrogen) atoms. The Bertz CT molecular complexity index is 1440. The van der Waals surface area contributed by atoms with Gasteiger partial charge in [-0.25, -0.2) is 10.1 Å². The lowest BCUT2D eigenvalue weighted by atomic mass is 9.68. The Morgan fingerprint density at radius 2 is 1.97 bits per heavy atom. The van der Waals surface area contributed by atoms with Crippen LogP contribution in [0.15, 0.2) is 58.7 Å². The highest BCUT2D eigenvalue weighted by Gasteiger charge is 2.46. The van der Waals surface area contributed by atoms with E-state index < -0.39 is 0 Å². The highest BCUT2D eigenvalue weighted by atomic mass is 35.5. The van der Waals surface area contributed by atoms with Crippen molar-refractivity contribution in [2.45, 2.75) is 37.5 Å². The molecule has 0 saturated heterocycles. The number of likely N-dealkylation sites (N-methyl/N-ethyl adjacent to an activating group) is 1. The molecule has 0 unspecified atom stereocenters. The second kappa shape index (κ2) is 7.90. The minimum Gasteiger partial charge on any atom is -0.457 e. The molecule has 0 amide bonds. The van der Waals surface area contributed by atoms with E-state index >= 15 is 0 Å². The first-order valence-electron chi connectivity index (χ1n) is 10.8. The third-order valence-electron chi connectivity index (χ3n) is 6.86. The SMILES string of the molecule is [C-]#[N+]\C(C#N)=c1/c(=C/C=C2/N(C)c3ccc(Cl)cc3C23CCCCC3)oc2ccccc12. The monoisotopic (exact) mass is 439 g/mol. The Morgan fingerprint density at radius 1 is 1.19 bits per heavy atom. The number of halogens is 1. The molecule has 4 nitrogen and oxygen atoms in total. The van der Waals surface area contributed by atoms with Gasteiger partial charge in [0.05, 0.1) is 12.6 Å². The van der Waals surface area contributed by atoms with Crippen LogP contribution in [-0.2, 0) is 5.41 Å². The lowest BCUT2D eigenvalue weighted by Gasteiger charge is -2.36. The van der Waals surface area contributed by atoms with Gasteiger partial charge in [-0.05, 0) is 54.8 Å². The largest absolute Gasteiger partial charge is 0.457 e. The summed E-state index contributed by atoms with van der Waals surface area (Å²) in [5, 5.41) is 11.7. The maximum Gasteiger partial charge on any atom is 0.273 e. The Labute approximate surface area is 192 Å². The average molecular weight is 440 g/mol. The minimum absolute atomic E-state index is 0.0434. The van der Waals surface area contributed by atoms with Crippen molar-refractivity contribution >= 4 is 40.0 Å². The quantitative estimate of drug-likeness (QED) is 0.460. The van der Waals surface area contributed by atoms with Crippen molar-refractivity contribution in [3.63, 3.8) is 0 Å². The molecule has 1 saturated carbocycles. The normalized spacial score (nSPS) is 19.8. The van der Waals surface area contributed by atoms with Gasteiger partial charge in [0, 0.05) is 39.5 Å². The Hall–Kier alpha value is -3.47. The van der Waals surface area contributed by atoms with Crippen LogP contribution < -0.4 is 15.5 Å². The number of para-hydroxylation sites is 1. The zero-order chi connectivity index (χ0) is 22.3. The van der Waals surface area contributed by atoms with Gasteiger partial charge in [0.15, 0.2) is 0 Å². The molecule has 5 heteroatoms. The minimum atomic E-state index is -0.0719. The Balaban J connectivity index is 1.77. The van der Waals surface area contributed by atoms with E-state index in [1.54, 1.807) is 0 Å². The maximum absolute atomic E-state index is 9.55. The van der Waals surface area contributed by atoms with Crippen molar-refractivity contribution in [2.24, 2.45) is 0 Å². The highest BCUT2D eigenvalue weighted by molar-refractivity contribution is 6.30. The van der Waals surface area contributed by atoms with Crippen LogP contribution in [0.25, 0.3) is 27.6 Å². The Kier molecular flexibility index (Phi) is 5.04. The molecule has 0 N–H and O–H groups in total. The van der Waals surface area contributed by atoms with Gasteiger partial charge in [0.2, 0.25) is 0 Å². The molecule has 0 radical (unpaired) electrons. The molecular weight excluding hydrogens is 418 g/mol. The van der Waals surface area contributed by atoms with Gasteiger partial charge in [-0.2, -0.15) is 0 Å². The fourth-order valence-corrected chi connectivity index (χ4v) is 5.61. The highest BCUT2D eigenvalue weighted by Crippen LogP contribution is 2.55. The maximum atomic E-state index is 9.55. The molecule has 2 aliphatic rings. The summed E-state index contributed by atoms with van der Waals surface area (Å²) in [4.78, 5) is 5.71. The van der Waals surface area contributed by atoms with Crippen molar-refractivity contribution in [3.8, 4) is 6.07 Å². The van der Waals surface area contributed by atoms with Crippen molar-refractivity contribution < 1.29 is 4.42 Å². The number of nitriles is 1. The zero-order valence-electron chi connectivity index (χ0n) is 17.9. The molecule has 1 aliphatic carbocycles. The molecule has 5 rings (SSSR count). The van der Waals surface area contributed by atoms with Gasteiger partial charge < -0.3 is 9.32 Å². The smallest absolute Gasteiger partial charge is 0.273 e. The number of hydrogen-bond donors (Lipinski definition) is 0. The van der Waals surface area contributed by atoms with Crippen LogP contribution in [0.2, 0.25) is 5.02 Å². The van der Waals surface area contributed by atoms with Gasteiger partial charge in [-0.3, -0.25) is 0 Å². The van der Waals surface area contributed by atoms with E-state index in [2.05, 4.69) is 35.0 Å². The topological polar surface area (TPSA) is 44.5 Å². The van der Waals surface area contributed by atoms with E-state index in [1.807, 2.05) is 42.5 Å². The van der Waals surface area contributed by atoms with Crippen molar-refractivity contribution in [2.75, 3.05) is 11.9 Å². The molecule has 1 aliphatic heterocycles. The first-order valence-corrected chi connectivity index (χ1v) is 11.2. The summed E-state index contributed by atoms with van der Waals surface area (Å²) in [6, 6.07) is 15.7. The molecule has 2 aromatic carbocycles. The van der Waals surface area contributed by atoms with Crippen molar-refractivity contribution in [3.05, 3.63) is 86.9 Å². The van der Waals surface area contributed by atoms with Gasteiger partial charge in [-0.15, -0.1) is 0 Å². The molecule has 158 valence electrons. The van der Waals surface area contributed by atoms with E-state index in [4.69, 9.17) is 22.6 Å². The number of hydrogen-bond acceptors (Lipinski definition) is 3. The predicted octanol–water partition coefficient (Wildman–Crippen LogP) is 5.65. The predicted molar refractivity (Wildman–Crippen MR) is 128 cm³/mol. The second-order valence-corrected chi connectivity index (χ2v) is 8.93. The number of fused-ring (bicyclic) bond motifs is 3. The van der Waals surface area contributed by atoms with Crippen molar-refractivity contribution in [1.82, 2.24) is 0 Å².